The minimum absolute atomic E-state index is 0.0111. The summed E-state index contributed by atoms with van der Waals surface area (Å²) < 4.78 is 30.0. The molecule has 0 N–H and O–H groups in total. The molecule has 0 saturated heterocycles. The molecule has 4 heteroatoms. The van der Waals surface area contributed by atoms with Crippen molar-refractivity contribution in [2.24, 2.45) is 0 Å². The van der Waals surface area contributed by atoms with Crippen molar-refractivity contribution in [1.29, 1.82) is 0 Å². The number of unbranched alkanes of at least 4 members (excludes halogenated alkanes) is 12. The third-order valence-electron chi connectivity index (χ3n) is 23.2. The van der Waals surface area contributed by atoms with Gasteiger partial charge in [0.1, 0.15) is 23.0 Å². The second kappa shape index (κ2) is 24.3. The summed E-state index contributed by atoms with van der Waals surface area (Å²) in [5, 5.41) is 0. The van der Waals surface area contributed by atoms with Crippen molar-refractivity contribution in [2.45, 2.75) is 178 Å². The number of ether oxygens (including phenoxy) is 4. The van der Waals surface area contributed by atoms with E-state index >= 15 is 0 Å². The molecule has 9 aromatic rings. The topological polar surface area (TPSA) is 36.9 Å². The first-order valence-corrected chi connectivity index (χ1v) is 36.3. The molecule has 94 heavy (non-hydrogen) atoms. The van der Waals surface area contributed by atoms with Crippen LogP contribution in [0, 0.1) is 24.7 Å². The minimum Gasteiger partial charge on any atom is -0.494 e. The Labute approximate surface area is 557 Å². The largest absolute Gasteiger partial charge is 0.494 e. The highest BCUT2D eigenvalue weighted by molar-refractivity contribution is 5.88. The van der Waals surface area contributed by atoms with E-state index < -0.39 is 0 Å². The molecule has 6 atom stereocenters. The third kappa shape index (κ3) is 8.66. The van der Waals surface area contributed by atoms with Crippen LogP contribution >= 0.6 is 0 Å². The SMILES string of the molecule is C#Cc1c2c(c(C#C)c3c1[C@H]1c4ccccc4[C@@H]3c3c(OCCCCCC)c4c(c(OCCCCCC)c31)C1c3ccccc3C4c3ccccc31)[C@H]1c3ccccc3[C@@H]2c2cc3c(c(OCCCCCC)c21)C1c2ccccc2C3c2ccc(OCCCCCC)cc21. The van der Waals surface area contributed by atoms with Crippen LogP contribution in [0.3, 0.4) is 0 Å². The molecule has 0 radical (unpaired) electrons. The molecule has 0 fully saturated rings. The van der Waals surface area contributed by atoms with E-state index in [0.717, 1.165) is 105 Å². The fraction of sp³-hybridized carbons (Fsp3) is 0.356. The molecule has 2 unspecified atom stereocenters. The molecule has 21 rings (SSSR count). The van der Waals surface area contributed by atoms with Gasteiger partial charge in [0.25, 0.3) is 0 Å². The molecule has 0 heterocycles. The first-order chi connectivity index (χ1) is 46.6. The lowest BCUT2D eigenvalue weighted by Gasteiger charge is -2.52. The van der Waals surface area contributed by atoms with Gasteiger partial charge in [-0.3, -0.25) is 0 Å². The van der Waals surface area contributed by atoms with Crippen LogP contribution in [0.4, 0.5) is 0 Å². The lowest BCUT2D eigenvalue weighted by Crippen LogP contribution is -2.38. The maximum absolute atomic E-state index is 7.79. The number of hydrogen-bond donors (Lipinski definition) is 0. The maximum atomic E-state index is 7.79. The van der Waals surface area contributed by atoms with Crippen LogP contribution in [-0.4, -0.2) is 26.4 Å². The Morgan fingerprint density at radius 2 is 0.532 bits per heavy atom. The van der Waals surface area contributed by atoms with Crippen LogP contribution in [0.1, 0.15) is 322 Å². The van der Waals surface area contributed by atoms with Crippen molar-refractivity contribution in [3.8, 4) is 47.7 Å². The van der Waals surface area contributed by atoms with Crippen molar-refractivity contribution in [3.63, 3.8) is 0 Å². The third-order valence-corrected chi connectivity index (χ3v) is 23.2. The van der Waals surface area contributed by atoms with Gasteiger partial charge in [-0.15, -0.1) is 12.8 Å². The van der Waals surface area contributed by atoms with Crippen molar-refractivity contribution >= 4 is 0 Å². The van der Waals surface area contributed by atoms with E-state index in [4.69, 9.17) is 31.8 Å². The summed E-state index contributed by atoms with van der Waals surface area (Å²) >= 11 is 0. The normalized spacial score (nSPS) is 20.1. The smallest absolute Gasteiger partial charge is 0.128 e. The van der Waals surface area contributed by atoms with E-state index in [1.807, 2.05) is 0 Å². The summed E-state index contributed by atoms with van der Waals surface area (Å²) in [5.41, 5.74) is 33.0. The van der Waals surface area contributed by atoms with E-state index in [0.29, 0.717) is 19.8 Å². The molecule has 12 aliphatic carbocycles. The molecule has 0 saturated carbocycles. The van der Waals surface area contributed by atoms with Crippen molar-refractivity contribution < 1.29 is 18.9 Å². The predicted octanol–water partition coefficient (Wildman–Crippen LogP) is 21.4. The van der Waals surface area contributed by atoms with Gasteiger partial charge in [-0.05, 0) is 138 Å². The number of benzene rings is 9. The van der Waals surface area contributed by atoms with E-state index in [2.05, 4.69) is 185 Å². The van der Waals surface area contributed by atoms with Gasteiger partial charge in [-0.1, -0.05) is 250 Å². The quantitative estimate of drug-likeness (QED) is 0.0446. The highest BCUT2D eigenvalue weighted by atomic mass is 16.5. The van der Waals surface area contributed by atoms with Gasteiger partial charge >= 0.3 is 0 Å². The fourth-order valence-electron chi connectivity index (χ4n) is 19.5. The van der Waals surface area contributed by atoms with E-state index in [9.17, 15) is 0 Å². The van der Waals surface area contributed by atoms with Crippen LogP contribution in [0.15, 0.2) is 146 Å². The van der Waals surface area contributed by atoms with Crippen LogP contribution in [0.25, 0.3) is 0 Å². The average Bonchev–Trinajstić information content (AvgIpc) is 0.657. The average molecular weight is 1230 g/mol. The van der Waals surface area contributed by atoms with Crippen LogP contribution < -0.4 is 18.9 Å². The first-order valence-electron chi connectivity index (χ1n) is 36.3. The molecular weight excluding hydrogens is 1140 g/mol. The number of terminal acetylenes is 2. The Kier molecular flexibility index (Phi) is 15.2. The second-order valence-corrected chi connectivity index (χ2v) is 28.3. The Morgan fingerprint density at radius 3 is 0.915 bits per heavy atom. The summed E-state index contributed by atoms with van der Waals surface area (Å²) in [7, 11) is 0. The highest BCUT2D eigenvalue weighted by Gasteiger charge is 2.57. The summed E-state index contributed by atoms with van der Waals surface area (Å²) in [4.78, 5) is 0. The van der Waals surface area contributed by atoms with Crippen molar-refractivity contribution in [1.82, 2.24) is 0 Å². The van der Waals surface area contributed by atoms with Gasteiger partial charge in [0.05, 0.1) is 26.4 Å². The zero-order valence-corrected chi connectivity index (χ0v) is 55.4. The Hall–Kier alpha value is -8.70. The Bertz CT molecular complexity index is 4570. The molecule has 0 aliphatic heterocycles. The monoisotopic (exact) mass is 1230 g/mol. The van der Waals surface area contributed by atoms with Crippen molar-refractivity contribution in [3.05, 3.63) is 290 Å². The minimum atomic E-state index is -0.293. The molecule has 8 bridgehead atoms. The maximum Gasteiger partial charge on any atom is 0.128 e. The van der Waals surface area contributed by atoms with Crippen LogP contribution in [-0.2, 0) is 0 Å². The van der Waals surface area contributed by atoms with Gasteiger partial charge in [0.15, 0.2) is 0 Å². The zero-order chi connectivity index (χ0) is 63.3. The van der Waals surface area contributed by atoms with Crippen LogP contribution in [0.5, 0.6) is 23.0 Å². The molecule has 9 aromatic carbocycles. The summed E-state index contributed by atoms with van der Waals surface area (Å²) in [6, 6.07) is 55.9. The second-order valence-electron chi connectivity index (χ2n) is 28.3. The molecular formula is C90H86O4. The Balaban J connectivity index is 0.932. The zero-order valence-electron chi connectivity index (χ0n) is 55.4. The summed E-state index contributed by atoms with van der Waals surface area (Å²) in [6.45, 7) is 11.7. The van der Waals surface area contributed by atoms with E-state index in [1.165, 1.54) is 172 Å². The number of rotatable bonds is 24. The van der Waals surface area contributed by atoms with Gasteiger partial charge < -0.3 is 18.9 Å². The molecule has 4 nitrogen and oxygen atoms in total. The summed E-state index contributed by atoms with van der Waals surface area (Å²) in [6.07, 6.45) is 32.9. The standard InChI is InChI=1S/C90H86O4/c1-7-13-17-31-47-91-53-45-46-66-67(51-53)73-57-36-22-21-35-56(57)70(66)68-52-69-74-62-41-27-28-42-63(62)79(83(69)88(82(68)73)92-48-32-18-14-8-2)76-55(12-6)78-77(54(11-5)75(74)76)80-64-43-29-30-44-65(64)81(78)87-86(80)89(93-49-33-19-15-9-3)84-71-58-37-23-25-39-60(58)72(61-40-26-24-38-59(61)71)85(84)90(87)94-50-34-20-16-10-4/h5-6,21-30,35-46,51-52,70-74,79-81H,7-10,13-20,31-34,47-50H2,1-4H3/t70?,71?,72?,73?,74-,79-,80-,81+/m1/s1. The lowest BCUT2D eigenvalue weighted by molar-refractivity contribution is 0.282. The first kappa shape index (κ1) is 59.1. The molecule has 12 aliphatic rings. The Morgan fingerprint density at radius 1 is 0.255 bits per heavy atom. The molecule has 0 spiro atoms. The lowest BCUT2D eigenvalue weighted by atomic mass is 9.51. The van der Waals surface area contributed by atoms with Gasteiger partial charge in [0.2, 0.25) is 0 Å². The predicted molar refractivity (Wildman–Crippen MR) is 380 cm³/mol. The van der Waals surface area contributed by atoms with Crippen LogP contribution in [0.2, 0.25) is 0 Å². The van der Waals surface area contributed by atoms with Crippen molar-refractivity contribution in [2.75, 3.05) is 26.4 Å². The highest BCUT2D eigenvalue weighted by Crippen LogP contribution is 2.72. The number of hydrogen-bond acceptors (Lipinski definition) is 4. The van der Waals surface area contributed by atoms with E-state index in [1.54, 1.807) is 0 Å². The van der Waals surface area contributed by atoms with Gasteiger partial charge in [-0.2, -0.15) is 0 Å². The molecule has 0 amide bonds. The molecule has 470 valence electrons. The molecule has 0 aromatic heterocycles. The van der Waals surface area contributed by atoms with Gasteiger partial charge in [-0.25, -0.2) is 0 Å². The fourth-order valence-corrected chi connectivity index (χ4v) is 19.5. The summed E-state index contributed by atoms with van der Waals surface area (Å²) in [5.74, 6) is 10.2. The van der Waals surface area contributed by atoms with Gasteiger partial charge in [0, 0.05) is 91.9 Å². The van der Waals surface area contributed by atoms with E-state index in [-0.39, 0.29) is 47.3 Å².